The smallest absolute Gasteiger partial charge is 0.310 e. The Morgan fingerprint density at radius 2 is 2.00 bits per heavy atom. The number of para-hydroxylation sites is 2. The number of rotatable bonds is 6. The maximum Gasteiger partial charge on any atom is 0.310 e. The molecule has 1 fully saturated rings. The highest BCUT2D eigenvalue weighted by Crippen LogP contribution is 2.29. The van der Waals surface area contributed by atoms with Crippen molar-refractivity contribution >= 4 is 23.2 Å². The fourth-order valence-corrected chi connectivity index (χ4v) is 3.41. The molecule has 1 amide bonds. The third-order valence-corrected chi connectivity index (χ3v) is 4.81. The van der Waals surface area contributed by atoms with Crippen LogP contribution in [-0.4, -0.2) is 42.0 Å². The van der Waals surface area contributed by atoms with Crippen LogP contribution in [-0.2, 0) is 4.79 Å². The average molecular weight is 390 g/mol. The van der Waals surface area contributed by atoms with E-state index in [-0.39, 0.29) is 36.4 Å². The van der Waals surface area contributed by atoms with Crippen molar-refractivity contribution in [1.29, 1.82) is 0 Å². The van der Waals surface area contributed by atoms with Crippen molar-refractivity contribution in [2.75, 3.05) is 26.2 Å². The highest BCUT2D eigenvalue weighted by Gasteiger charge is 2.29. The van der Waals surface area contributed by atoms with Crippen LogP contribution in [0.2, 0.25) is 5.02 Å². The van der Waals surface area contributed by atoms with Crippen LogP contribution in [0.1, 0.15) is 18.0 Å². The van der Waals surface area contributed by atoms with Crippen molar-refractivity contribution in [3.8, 4) is 5.75 Å². The number of nitro groups is 1. The number of piperazine rings is 1. The minimum Gasteiger partial charge on any atom is -0.486 e. The van der Waals surface area contributed by atoms with Crippen LogP contribution in [0, 0.1) is 10.1 Å². The summed E-state index contributed by atoms with van der Waals surface area (Å²) >= 11 is 6.30. The number of nitro benzene ring substituents is 1. The number of nitrogens with zero attached hydrogens (tertiary/aromatic N) is 2. The molecular weight excluding hydrogens is 370 g/mol. The van der Waals surface area contributed by atoms with Crippen LogP contribution in [0.4, 0.5) is 5.69 Å². The van der Waals surface area contributed by atoms with Gasteiger partial charge in [-0.1, -0.05) is 41.9 Å². The Kier molecular flexibility index (Phi) is 6.26. The largest absolute Gasteiger partial charge is 0.486 e. The second kappa shape index (κ2) is 8.83. The molecular formula is C19H20ClN3O4. The maximum absolute atomic E-state index is 12.7. The molecule has 2 aromatic carbocycles. The molecule has 3 rings (SSSR count). The molecule has 1 aliphatic rings. The van der Waals surface area contributed by atoms with E-state index >= 15 is 0 Å². The van der Waals surface area contributed by atoms with Gasteiger partial charge in [0.15, 0.2) is 5.75 Å². The summed E-state index contributed by atoms with van der Waals surface area (Å²) < 4.78 is 5.49. The van der Waals surface area contributed by atoms with Gasteiger partial charge in [-0.05, 0) is 17.7 Å². The van der Waals surface area contributed by atoms with Crippen LogP contribution >= 0.6 is 11.6 Å². The number of ether oxygens (including phenoxy) is 1. The highest BCUT2D eigenvalue weighted by molar-refractivity contribution is 6.31. The molecule has 2 aromatic rings. The van der Waals surface area contributed by atoms with Gasteiger partial charge >= 0.3 is 5.69 Å². The molecule has 1 saturated heterocycles. The molecule has 27 heavy (non-hydrogen) atoms. The second-order valence-corrected chi connectivity index (χ2v) is 6.56. The van der Waals surface area contributed by atoms with Crippen LogP contribution < -0.4 is 10.1 Å². The highest BCUT2D eigenvalue weighted by atomic mass is 35.5. The minimum atomic E-state index is -0.499. The minimum absolute atomic E-state index is 0.0694. The van der Waals surface area contributed by atoms with E-state index in [0.717, 1.165) is 5.56 Å². The number of nitrogens with one attached hydrogen (secondary N) is 1. The van der Waals surface area contributed by atoms with Crippen molar-refractivity contribution in [3.63, 3.8) is 0 Å². The average Bonchev–Trinajstić information content (AvgIpc) is 2.68. The van der Waals surface area contributed by atoms with Crippen molar-refractivity contribution < 1.29 is 14.5 Å². The number of hydrogen-bond acceptors (Lipinski definition) is 5. The van der Waals surface area contributed by atoms with Gasteiger partial charge in [-0.2, -0.15) is 0 Å². The number of benzene rings is 2. The summed E-state index contributed by atoms with van der Waals surface area (Å²) in [5.41, 5.74) is 0.792. The number of halogens is 1. The van der Waals surface area contributed by atoms with Gasteiger partial charge in [0.05, 0.1) is 24.0 Å². The summed E-state index contributed by atoms with van der Waals surface area (Å²) in [4.78, 5) is 25.1. The molecule has 1 heterocycles. The van der Waals surface area contributed by atoms with Gasteiger partial charge in [0.1, 0.15) is 0 Å². The lowest BCUT2D eigenvalue weighted by atomic mass is 10.0. The maximum atomic E-state index is 12.7. The molecule has 0 saturated carbocycles. The van der Waals surface area contributed by atoms with E-state index in [1.165, 1.54) is 12.1 Å². The first-order chi connectivity index (χ1) is 13.1. The van der Waals surface area contributed by atoms with Gasteiger partial charge in [0.2, 0.25) is 5.91 Å². The normalized spacial score (nSPS) is 16.8. The van der Waals surface area contributed by atoms with E-state index in [0.29, 0.717) is 24.7 Å². The molecule has 0 radical (unpaired) electrons. The summed E-state index contributed by atoms with van der Waals surface area (Å²) in [7, 11) is 0. The number of carbonyl (C=O) groups excluding carboxylic acids is 1. The Hall–Kier alpha value is -2.64. The van der Waals surface area contributed by atoms with Crippen LogP contribution in [0.5, 0.6) is 5.75 Å². The molecule has 0 spiro atoms. The molecule has 1 atom stereocenters. The van der Waals surface area contributed by atoms with Crippen LogP contribution in [0.25, 0.3) is 0 Å². The first-order valence-corrected chi connectivity index (χ1v) is 9.06. The van der Waals surface area contributed by atoms with E-state index in [9.17, 15) is 14.9 Å². The Morgan fingerprint density at radius 3 is 2.78 bits per heavy atom. The Labute approximate surface area is 162 Å². The van der Waals surface area contributed by atoms with E-state index in [1.54, 1.807) is 17.0 Å². The van der Waals surface area contributed by atoms with E-state index in [2.05, 4.69) is 5.32 Å². The SMILES string of the molecule is O=C(CCOc1ccccc1[N+](=O)[O-])N1CCNCC1c1ccccc1Cl. The lowest BCUT2D eigenvalue weighted by Crippen LogP contribution is -2.49. The van der Waals surface area contributed by atoms with E-state index < -0.39 is 4.92 Å². The first-order valence-electron chi connectivity index (χ1n) is 8.68. The molecule has 1 aliphatic heterocycles. The van der Waals surface area contributed by atoms with Crippen LogP contribution in [0.15, 0.2) is 48.5 Å². The molecule has 8 heteroatoms. The first kappa shape index (κ1) is 19.1. The number of hydrogen-bond donors (Lipinski definition) is 1. The molecule has 0 aliphatic carbocycles. The fraction of sp³-hybridized carbons (Fsp3) is 0.316. The Morgan fingerprint density at radius 1 is 1.26 bits per heavy atom. The van der Waals surface area contributed by atoms with Crippen molar-refractivity contribution in [2.45, 2.75) is 12.5 Å². The summed E-state index contributed by atoms with van der Waals surface area (Å²) in [6.45, 7) is 1.97. The lowest BCUT2D eigenvalue weighted by Gasteiger charge is -2.37. The Bertz CT molecular complexity index is 830. The van der Waals surface area contributed by atoms with E-state index in [1.807, 2.05) is 24.3 Å². The van der Waals surface area contributed by atoms with Crippen molar-refractivity contribution in [3.05, 3.63) is 69.2 Å². The zero-order valence-corrected chi connectivity index (χ0v) is 15.4. The summed E-state index contributed by atoms with van der Waals surface area (Å²) in [5, 5.41) is 14.9. The third-order valence-electron chi connectivity index (χ3n) is 4.46. The van der Waals surface area contributed by atoms with Crippen molar-refractivity contribution in [2.24, 2.45) is 0 Å². The predicted molar refractivity (Wildman–Crippen MR) is 102 cm³/mol. The van der Waals surface area contributed by atoms with Gasteiger partial charge in [-0.3, -0.25) is 14.9 Å². The topological polar surface area (TPSA) is 84.7 Å². The zero-order valence-electron chi connectivity index (χ0n) is 14.6. The second-order valence-electron chi connectivity index (χ2n) is 6.15. The van der Waals surface area contributed by atoms with Gasteiger partial charge in [-0.25, -0.2) is 0 Å². The number of amides is 1. The standard InChI is InChI=1S/C19H20ClN3O4/c20-15-6-2-1-5-14(15)17-13-21-10-11-22(17)19(24)9-12-27-18-8-4-3-7-16(18)23(25)26/h1-8,17,21H,9-13H2. The van der Waals surface area contributed by atoms with Gasteiger partial charge < -0.3 is 15.0 Å². The van der Waals surface area contributed by atoms with E-state index in [4.69, 9.17) is 16.3 Å². The summed E-state index contributed by atoms with van der Waals surface area (Å²) in [6.07, 6.45) is 0.132. The van der Waals surface area contributed by atoms with Gasteiger partial charge in [-0.15, -0.1) is 0 Å². The number of carbonyl (C=O) groups is 1. The van der Waals surface area contributed by atoms with Gasteiger partial charge in [0.25, 0.3) is 0 Å². The molecule has 142 valence electrons. The molecule has 1 N–H and O–H groups in total. The Balaban J connectivity index is 1.64. The molecule has 0 aromatic heterocycles. The van der Waals surface area contributed by atoms with Crippen LogP contribution in [0.3, 0.4) is 0 Å². The monoisotopic (exact) mass is 389 g/mol. The molecule has 1 unspecified atom stereocenters. The molecule has 7 nitrogen and oxygen atoms in total. The predicted octanol–water partition coefficient (Wildman–Crippen LogP) is 3.19. The molecule has 0 bridgehead atoms. The van der Waals surface area contributed by atoms with Crippen molar-refractivity contribution in [1.82, 2.24) is 10.2 Å². The third kappa shape index (κ3) is 4.56. The summed E-state index contributed by atoms with van der Waals surface area (Å²) in [5.74, 6) is 0.0956. The fourth-order valence-electron chi connectivity index (χ4n) is 3.15. The van der Waals surface area contributed by atoms with Gasteiger partial charge in [0, 0.05) is 30.7 Å². The zero-order chi connectivity index (χ0) is 19.2. The lowest BCUT2D eigenvalue weighted by molar-refractivity contribution is -0.385. The quantitative estimate of drug-likeness (QED) is 0.605. The summed E-state index contributed by atoms with van der Waals surface area (Å²) in [6, 6.07) is 13.5.